The average Bonchev–Trinajstić information content (AvgIpc) is 2.82. The van der Waals surface area contributed by atoms with Gasteiger partial charge in [0.2, 0.25) is 11.8 Å². The molecule has 0 fully saturated rings. The summed E-state index contributed by atoms with van der Waals surface area (Å²) in [7, 11) is 1.20. The van der Waals surface area contributed by atoms with Gasteiger partial charge < -0.3 is 15.4 Å². The van der Waals surface area contributed by atoms with Crippen molar-refractivity contribution in [3.63, 3.8) is 0 Å². The highest BCUT2D eigenvalue weighted by molar-refractivity contribution is 9.10. The number of nitrogens with one attached hydrogen (secondary N) is 2. The van der Waals surface area contributed by atoms with Gasteiger partial charge in [0, 0.05) is 16.1 Å². The van der Waals surface area contributed by atoms with Crippen molar-refractivity contribution >= 4 is 51.2 Å². The number of amides is 2. The van der Waals surface area contributed by atoms with E-state index >= 15 is 0 Å². The molecule has 2 amide bonds. The van der Waals surface area contributed by atoms with Crippen LogP contribution in [0, 0.1) is 17.2 Å². The lowest BCUT2D eigenvalue weighted by atomic mass is 9.78. The van der Waals surface area contributed by atoms with Crippen molar-refractivity contribution in [3.8, 4) is 6.07 Å². The number of carbonyl (C=O) groups is 3. The van der Waals surface area contributed by atoms with Gasteiger partial charge in [-0.2, -0.15) is 5.26 Å². The van der Waals surface area contributed by atoms with Crippen molar-refractivity contribution in [2.45, 2.75) is 19.3 Å². The molecule has 170 valence electrons. The maximum atomic E-state index is 12.9. The molecule has 0 aromatic heterocycles. The van der Waals surface area contributed by atoms with Crippen LogP contribution in [-0.2, 0) is 25.5 Å². The molecule has 33 heavy (non-hydrogen) atoms. The van der Waals surface area contributed by atoms with E-state index in [4.69, 9.17) is 4.74 Å². The number of rotatable bonds is 7. The van der Waals surface area contributed by atoms with Crippen LogP contribution in [0.2, 0.25) is 0 Å². The topological polar surface area (TPSA) is 108 Å². The van der Waals surface area contributed by atoms with Crippen LogP contribution < -0.4 is 10.6 Å². The first kappa shape index (κ1) is 24.6. The van der Waals surface area contributed by atoms with Gasteiger partial charge in [0.05, 0.1) is 29.5 Å². The van der Waals surface area contributed by atoms with Gasteiger partial charge in [0.15, 0.2) is 0 Å². The zero-order valence-corrected chi connectivity index (χ0v) is 20.5. The Bertz CT molecular complexity index is 1160. The summed E-state index contributed by atoms with van der Waals surface area (Å²) >= 11 is 4.44. The molecule has 1 heterocycles. The molecule has 0 saturated carbocycles. The highest BCUT2D eigenvalue weighted by Crippen LogP contribution is 2.40. The standard InChI is InChI=1S/C24H22BrN3O4S/c1-3-14-7-4-5-10-18(14)27-19(29)13-33-23-17(12-26)20(15-8-6-9-16(25)11-15)21(22(30)28-23)24(31)32-2/h4-11,20-21H,3,13H2,1-2H3,(H,27,29)(H,28,30)/t20-,21+/m0/s1. The van der Waals surface area contributed by atoms with E-state index in [1.54, 1.807) is 18.2 Å². The van der Waals surface area contributed by atoms with E-state index in [9.17, 15) is 19.6 Å². The molecule has 7 nitrogen and oxygen atoms in total. The SMILES string of the molecule is CCc1ccccc1NC(=O)CSC1=C(C#N)[C@H](c2cccc(Br)c2)[C@@H](C(=O)OC)C(=O)N1. The molecule has 0 radical (unpaired) electrons. The Labute approximate surface area is 204 Å². The number of thioether (sulfide) groups is 1. The summed E-state index contributed by atoms with van der Waals surface area (Å²) < 4.78 is 5.59. The number of allylic oxidation sites excluding steroid dienone is 1. The minimum Gasteiger partial charge on any atom is -0.468 e. The van der Waals surface area contributed by atoms with Crippen molar-refractivity contribution in [3.05, 3.63) is 74.7 Å². The first-order valence-electron chi connectivity index (χ1n) is 10.2. The van der Waals surface area contributed by atoms with E-state index in [1.807, 2.05) is 37.3 Å². The smallest absolute Gasteiger partial charge is 0.319 e. The van der Waals surface area contributed by atoms with Crippen LogP contribution in [-0.4, -0.2) is 30.6 Å². The Morgan fingerprint density at radius 2 is 2.00 bits per heavy atom. The Morgan fingerprint density at radius 3 is 2.67 bits per heavy atom. The zero-order valence-electron chi connectivity index (χ0n) is 18.1. The summed E-state index contributed by atoms with van der Waals surface area (Å²) in [5, 5.41) is 15.7. The predicted molar refractivity (Wildman–Crippen MR) is 130 cm³/mol. The normalized spacial score (nSPS) is 17.7. The molecule has 0 saturated heterocycles. The molecule has 2 aromatic carbocycles. The number of ether oxygens (including phenoxy) is 1. The Hall–Kier alpha value is -3.09. The van der Waals surface area contributed by atoms with E-state index in [2.05, 4.69) is 32.6 Å². The van der Waals surface area contributed by atoms with E-state index in [0.717, 1.165) is 33.9 Å². The number of aryl methyl sites for hydroxylation is 1. The van der Waals surface area contributed by atoms with E-state index in [1.165, 1.54) is 7.11 Å². The molecule has 0 bridgehead atoms. The quantitative estimate of drug-likeness (QED) is 0.414. The lowest BCUT2D eigenvalue weighted by Gasteiger charge is -2.31. The largest absolute Gasteiger partial charge is 0.468 e. The Balaban J connectivity index is 1.89. The molecule has 2 N–H and O–H groups in total. The maximum Gasteiger partial charge on any atom is 0.319 e. The lowest BCUT2D eigenvalue weighted by Crippen LogP contribution is -2.44. The molecular weight excluding hydrogens is 506 g/mol. The van der Waals surface area contributed by atoms with E-state index < -0.39 is 23.7 Å². The van der Waals surface area contributed by atoms with Gasteiger partial charge in [-0.25, -0.2) is 0 Å². The van der Waals surface area contributed by atoms with Gasteiger partial charge in [-0.05, 0) is 35.7 Å². The minimum atomic E-state index is -1.21. The number of anilines is 1. The number of hydrogen-bond acceptors (Lipinski definition) is 6. The van der Waals surface area contributed by atoms with Gasteiger partial charge in [-0.3, -0.25) is 14.4 Å². The molecule has 2 atom stereocenters. The third kappa shape index (κ3) is 5.64. The summed E-state index contributed by atoms with van der Waals surface area (Å²) in [6.07, 6.45) is 0.770. The Morgan fingerprint density at radius 1 is 1.24 bits per heavy atom. The highest BCUT2D eigenvalue weighted by Gasteiger charge is 2.44. The Kier molecular flexibility index (Phi) is 8.31. The van der Waals surface area contributed by atoms with Crippen LogP contribution in [0.25, 0.3) is 0 Å². The molecule has 0 aliphatic carbocycles. The molecular formula is C24H22BrN3O4S. The second-order valence-electron chi connectivity index (χ2n) is 7.22. The van der Waals surface area contributed by atoms with Crippen LogP contribution >= 0.6 is 27.7 Å². The molecule has 3 rings (SSSR count). The fourth-order valence-electron chi connectivity index (χ4n) is 3.65. The van der Waals surface area contributed by atoms with Crippen LogP contribution in [0.4, 0.5) is 5.69 Å². The molecule has 1 aliphatic heterocycles. The molecule has 9 heteroatoms. The van der Waals surface area contributed by atoms with Crippen molar-refractivity contribution < 1.29 is 19.1 Å². The van der Waals surface area contributed by atoms with Crippen molar-refractivity contribution in [2.24, 2.45) is 5.92 Å². The second-order valence-corrected chi connectivity index (χ2v) is 9.13. The number of hydrogen-bond donors (Lipinski definition) is 2. The van der Waals surface area contributed by atoms with Crippen LogP contribution in [0.5, 0.6) is 0 Å². The number of halogens is 1. The third-order valence-electron chi connectivity index (χ3n) is 5.21. The van der Waals surface area contributed by atoms with Crippen molar-refractivity contribution in [1.82, 2.24) is 5.32 Å². The summed E-state index contributed by atoms with van der Waals surface area (Å²) in [6, 6.07) is 16.7. The number of para-hydroxylation sites is 1. The number of nitriles is 1. The average molecular weight is 528 g/mol. The fourth-order valence-corrected chi connectivity index (χ4v) is 4.92. The van der Waals surface area contributed by atoms with E-state index in [-0.39, 0.29) is 22.3 Å². The van der Waals surface area contributed by atoms with Crippen LogP contribution in [0.1, 0.15) is 24.0 Å². The third-order valence-corrected chi connectivity index (χ3v) is 6.72. The first-order chi connectivity index (χ1) is 15.9. The van der Waals surface area contributed by atoms with E-state index in [0.29, 0.717) is 5.56 Å². The maximum absolute atomic E-state index is 12.9. The number of nitrogens with zero attached hydrogens (tertiary/aromatic N) is 1. The van der Waals surface area contributed by atoms with Crippen LogP contribution in [0.15, 0.2) is 63.6 Å². The van der Waals surface area contributed by atoms with Crippen LogP contribution in [0.3, 0.4) is 0 Å². The summed E-state index contributed by atoms with van der Waals surface area (Å²) in [6.45, 7) is 2.00. The fraction of sp³-hybridized carbons (Fsp3) is 0.250. The summed E-state index contributed by atoms with van der Waals surface area (Å²) in [5.74, 6) is -3.65. The van der Waals surface area contributed by atoms with Crippen molar-refractivity contribution in [1.29, 1.82) is 5.26 Å². The minimum absolute atomic E-state index is 0.0209. The monoisotopic (exact) mass is 527 g/mol. The van der Waals surface area contributed by atoms with Gasteiger partial charge in [-0.1, -0.05) is 64.9 Å². The van der Waals surface area contributed by atoms with Gasteiger partial charge in [0.25, 0.3) is 0 Å². The zero-order chi connectivity index (χ0) is 24.0. The second kappa shape index (κ2) is 11.2. The number of benzene rings is 2. The van der Waals surface area contributed by atoms with Crippen molar-refractivity contribution in [2.75, 3.05) is 18.2 Å². The molecule has 0 spiro atoms. The number of methoxy groups -OCH3 is 1. The predicted octanol–water partition coefficient (Wildman–Crippen LogP) is 4.12. The molecule has 2 aromatic rings. The molecule has 1 aliphatic rings. The molecule has 0 unspecified atom stereocenters. The van der Waals surface area contributed by atoms with Gasteiger partial charge in [0.1, 0.15) is 5.92 Å². The van der Waals surface area contributed by atoms with Gasteiger partial charge >= 0.3 is 5.97 Å². The summed E-state index contributed by atoms with van der Waals surface area (Å²) in [5.41, 5.74) is 2.56. The highest BCUT2D eigenvalue weighted by atomic mass is 79.9. The summed E-state index contributed by atoms with van der Waals surface area (Å²) in [4.78, 5) is 37.9. The number of carbonyl (C=O) groups excluding carboxylic acids is 3. The first-order valence-corrected chi connectivity index (χ1v) is 12.0. The van der Waals surface area contributed by atoms with Gasteiger partial charge in [-0.15, -0.1) is 0 Å². The lowest BCUT2D eigenvalue weighted by molar-refractivity contribution is -0.150. The number of esters is 1.